The summed E-state index contributed by atoms with van der Waals surface area (Å²) < 4.78 is 68.2. The molecule has 0 N–H and O–H groups in total. The quantitative estimate of drug-likeness (QED) is 0.102. The number of fused-ring (bicyclic) bond motifs is 18. The van der Waals surface area contributed by atoms with E-state index in [9.17, 15) is 0 Å². The van der Waals surface area contributed by atoms with Gasteiger partial charge in [-0.15, -0.1) is 34.0 Å². The minimum absolute atomic E-state index is 0.0131. The first-order valence-corrected chi connectivity index (χ1v) is 49.8. The second kappa shape index (κ2) is 36.0. The Hall–Kier alpha value is -18.5. The Balaban J connectivity index is 0.000000110. The Bertz CT molecular complexity index is 10400. The van der Waals surface area contributed by atoms with Crippen LogP contribution in [0.1, 0.15) is 6.85 Å². The maximum absolute atomic E-state index is 8.64. The second-order valence-electron chi connectivity index (χ2n) is 35.3. The minimum atomic E-state index is -0.479. The normalized spacial score (nSPS) is 12.1. The highest BCUT2D eigenvalue weighted by Crippen LogP contribution is 2.47. The van der Waals surface area contributed by atoms with E-state index in [1.165, 1.54) is 71.6 Å². The molecular weight excluding hydrogens is 1820 g/mol. The molecule has 0 unspecified atom stereocenters. The van der Waals surface area contributed by atoms with Crippen LogP contribution in [0.25, 0.3) is 284 Å². The zero-order chi connectivity index (χ0) is 99.4. The number of nitrogens with zero attached hydrogens (tertiary/aromatic N) is 9. The summed E-state index contributed by atoms with van der Waals surface area (Å²) in [6.07, 6.45) is 0. The van der Waals surface area contributed by atoms with E-state index in [1.807, 2.05) is 156 Å². The molecule has 0 amide bonds. The van der Waals surface area contributed by atoms with Crippen molar-refractivity contribution >= 4 is 160 Å². The molecule has 20 aromatic carbocycles. The third-order valence-electron chi connectivity index (χ3n) is 26.6. The highest BCUT2D eigenvalue weighted by Gasteiger charge is 2.24. The zero-order valence-electron chi connectivity index (χ0n) is 81.5. The van der Waals surface area contributed by atoms with Gasteiger partial charge in [0.05, 0.1) is 6.85 Å². The van der Waals surface area contributed by atoms with Crippen LogP contribution in [0, 0.1) is 0 Å². The van der Waals surface area contributed by atoms with Crippen LogP contribution in [0.15, 0.2) is 480 Å². The van der Waals surface area contributed by atoms with E-state index in [0.29, 0.717) is 57.5 Å². The van der Waals surface area contributed by atoms with Crippen LogP contribution in [0.4, 0.5) is 0 Å². The fourth-order valence-electron chi connectivity index (χ4n) is 19.6. The lowest BCUT2D eigenvalue weighted by atomic mass is 9.99. The van der Waals surface area contributed by atoms with E-state index in [1.54, 1.807) is 11.3 Å². The topological polar surface area (TPSA) is 155 Å². The summed E-state index contributed by atoms with van der Waals surface area (Å²) in [6.45, 7) is 0. The average molecular weight is 1900 g/mol. The Kier molecular flexibility index (Phi) is 19.9. The fourth-order valence-corrected chi connectivity index (χ4v) is 23.3. The number of aromatic nitrogens is 9. The van der Waals surface area contributed by atoms with Gasteiger partial charge in [0.15, 0.2) is 52.4 Å². The summed E-state index contributed by atoms with van der Waals surface area (Å²) in [6, 6.07) is 148. The Morgan fingerprint density at radius 2 is 0.403 bits per heavy atom. The van der Waals surface area contributed by atoms with Gasteiger partial charge in [-0.25, -0.2) is 44.9 Å². The van der Waals surface area contributed by atoms with Crippen molar-refractivity contribution < 1.29 is 20.1 Å². The number of hydrogen-bond acceptors (Lipinski definition) is 15. The first-order valence-electron chi connectivity index (χ1n) is 49.8. The number of thiophene rings is 3. The average Bonchev–Trinajstić information content (AvgIpc) is 1.74. The van der Waals surface area contributed by atoms with E-state index in [-0.39, 0.29) is 29.3 Å². The van der Waals surface area contributed by atoms with Crippen LogP contribution in [0.3, 0.4) is 0 Å². The molecule has 29 aromatic rings. The van der Waals surface area contributed by atoms with Crippen LogP contribution in [-0.4, -0.2) is 44.9 Å². The van der Waals surface area contributed by atoms with Gasteiger partial charge in [-0.2, -0.15) is 0 Å². The molecule has 0 spiro atoms. The molecule has 9 heterocycles. The molecule has 674 valence electrons. The molecule has 0 saturated heterocycles. The zero-order valence-corrected chi connectivity index (χ0v) is 79.0. The lowest BCUT2D eigenvalue weighted by Gasteiger charge is -2.12. The van der Waals surface area contributed by atoms with E-state index in [2.05, 4.69) is 308 Å². The van der Waals surface area contributed by atoms with E-state index in [0.717, 1.165) is 138 Å². The predicted octanol–water partition coefficient (Wildman–Crippen LogP) is 35.8. The molecule has 0 aliphatic heterocycles. The van der Waals surface area contributed by atoms with E-state index in [4.69, 9.17) is 60.0 Å². The van der Waals surface area contributed by atoms with Gasteiger partial charge >= 0.3 is 0 Å². The lowest BCUT2D eigenvalue weighted by molar-refractivity contribution is 0.668. The Morgan fingerprint density at radius 1 is 0.153 bits per heavy atom. The SMILES string of the molecule is [2H]c1c([2H])c([2H])c(-c2nc(-c3ccc(-c4cccc5c4sc4ccccc45)cc3)nc(-c3ccc4c(c3)oc3ccccc34)n2)c([2H])c1[2H].c1ccc(-c2cccc(-c3nc(-c4ccc(-c5cccc6c5sc5ccccc56)cc4)nc(-c4ccc5c(c4)oc4ccccc45)n3)c2)cc1.c1ccc(-c2ccccc2-c2nc(-c3ccc(-c4cccc5c4sc4ccccc45)cc3)nc(-c3ccc4c(c3)oc3ccccc34)n2)cc1. The molecular formula is C129H77N9O3S3. The van der Waals surface area contributed by atoms with Gasteiger partial charge in [-0.3, -0.25) is 0 Å². The largest absolute Gasteiger partial charge is 0.456 e. The van der Waals surface area contributed by atoms with Gasteiger partial charge in [0.25, 0.3) is 0 Å². The summed E-state index contributed by atoms with van der Waals surface area (Å²) in [5.74, 6) is 4.23. The maximum Gasteiger partial charge on any atom is 0.164 e. The first-order chi connectivity index (χ1) is 73.4. The monoisotopic (exact) mass is 1900 g/mol. The Morgan fingerprint density at radius 3 is 0.792 bits per heavy atom. The van der Waals surface area contributed by atoms with Crippen LogP contribution in [0.5, 0.6) is 0 Å². The summed E-state index contributed by atoms with van der Waals surface area (Å²) in [7, 11) is 0. The minimum Gasteiger partial charge on any atom is -0.456 e. The van der Waals surface area contributed by atoms with Crippen molar-refractivity contribution in [2.45, 2.75) is 0 Å². The summed E-state index contributed by atoms with van der Waals surface area (Å²) >= 11 is 5.46. The molecule has 0 atom stereocenters. The third-order valence-corrected chi connectivity index (χ3v) is 30.3. The molecule has 0 aliphatic carbocycles. The molecule has 0 fully saturated rings. The molecule has 0 radical (unpaired) electrons. The van der Waals surface area contributed by atoms with Crippen molar-refractivity contribution in [3.8, 4) is 158 Å². The number of hydrogen-bond donors (Lipinski definition) is 0. The van der Waals surface area contributed by atoms with E-state index < -0.39 is 18.1 Å². The number of para-hydroxylation sites is 3. The number of furan rings is 3. The van der Waals surface area contributed by atoms with Gasteiger partial charge in [0, 0.05) is 143 Å². The van der Waals surface area contributed by atoms with Crippen molar-refractivity contribution in [3.05, 3.63) is 467 Å². The molecule has 0 saturated carbocycles. The van der Waals surface area contributed by atoms with Crippen LogP contribution in [-0.2, 0) is 0 Å². The van der Waals surface area contributed by atoms with Crippen molar-refractivity contribution in [2.75, 3.05) is 0 Å². The number of rotatable bonds is 14. The van der Waals surface area contributed by atoms with Gasteiger partial charge in [-0.05, 0) is 134 Å². The van der Waals surface area contributed by atoms with Crippen LogP contribution >= 0.6 is 34.0 Å². The molecule has 9 aromatic heterocycles. The Labute approximate surface area is 844 Å². The summed E-state index contributed by atoms with van der Waals surface area (Å²) in [5, 5.41) is 13.9. The van der Waals surface area contributed by atoms with Gasteiger partial charge in [-0.1, -0.05) is 388 Å². The highest BCUT2D eigenvalue weighted by atomic mass is 32.1. The summed E-state index contributed by atoms with van der Waals surface area (Å²) in [5.41, 5.74) is 22.8. The first kappa shape index (κ1) is 79.4. The van der Waals surface area contributed by atoms with Gasteiger partial charge in [0.1, 0.15) is 33.5 Å². The molecule has 144 heavy (non-hydrogen) atoms. The van der Waals surface area contributed by atoms with Crippen molar-refractivity contribution in [1.29, 1.82) is 0 Å². The fraction of sp³-hybridized carbons (Fsp3) is 0. The molecule has 15 heteroatoms. The standard InChI is InChI=1S/2C45H27N3OS.C39H23N3OS/c1-2-10-28(11-3-1)31-12-8-13-32(26-31)44-46-43(47-45(48-44)33-24-25-36-35-14-4-6-18-39(35)49-40(36)27-33)30-22-20-29(21-23-30)34-16-9-17-38-37-15-5-7-19-41(37)50-42(34)38;1-2-11-28(12-3-1)32-13-4-5-16-38(32)45-47-43(46-44(48-45)31-25-26-35-34-14-6-8-19-39(34)49-40(35)27-31)30-23-21-29(22-24-30)33-17-10-18-37-36-15-7-9-20-41(36)50-42(33)37;1-2-9-25(10-3-1)37-40-38(42-39(41-37)27-21-22-30-29-11-4-6-15-33(29)43-34(30)23-27)26-19-17-24(18-20-26)28-13-8-14-32-31-12-5-7-16-35(31)44-36(28)32/h2*1-27H;1-23H/i;;1D,2D,3D,9D,10D. The van der Waals surface area contributed by atoms with Gasteiger partial charge < -0.3 is 13.3 Å². The summed E-state index contributed by atoms with van der Waals surface area (Å²) in [4.78, 5) is 44.7. The predicted molar refractivity (Wildman–Crippen MR) is 596 cm³/mol. The van der Waals surface area contributed by atoms with Crippen LogP contribution < -0.4 is 0 Å². The van der Waals surface area contributed by atoms with Crippen molar-refractivity contribution in [3.63, 3.8) is 0 Å². The van der Waals surface area contributed by atoms with Crippen molar-refractivity contribution in [1.82, 2.24) is 44.9 Å². The lowest BCUT2D eigenvalue weighted by Crippen LogP contribution is -2.01. The molecule has 29 rings (SSSR count). The maximum atomic E-state index is 8.64. The molecule has 12 nitrogen and oxygen atoms in total. The molecule has 0 bridgehead atoms. The smallest absolute Gasteiger partial charge is 0.164 e. The number of benzene rings is 20. The highest BCUT2D eigenvalue weighted by molar-refractivity contribution is 7.27. The van der Waals surface area contributed by atoms with E-state index >= 15 is 0 Å². The van der Waals surface area contributed by atoms with Crippen LogP contribution in [0.2, 0.25) is 0 Å². The van der Waals surface area contributed by atoms with Crippen molar-refractivity contribution in [2.24, 2.45) is 0 Å². The second-order valence-corrected chi connectivity index (χ2v) is 38.4. The van der Waals surface area contributed by atoms with Gasteiger partial charge in [0.2, 0.25) is 0 Å². The molecule has 0 aliphatic rings. The third kappa shape index (κ3) is 15.7.